The molecule has 0 saturated heterocycles. The van der Waals surface area contributed by atoms with Gasteiger partial charge in [-0.15, -0.1) is 0 Å². The van der Waals surface area contributed by atoms with Crippen molar-refractivity contribution in [2.45, 2.75) is 18.9 Å². The molecule has 8 heteroatoms. The summed E-state index contributed by atoms with van der Waals surface area (Å²) in [6.45, 7) is 1.51. The lowest BCUT2D eigenvalue weighted by Crippen LogP contribution is -2.19. The lowest BCUT2D eigenvalue weighted by atomic mass is 9.92. The van der Waals surface area contributed by atoms with Gasteiger partial charge in [0.05, 0.1) is 36.2 Å². The number of anilines is 4. The van der Waals surface area contributed by atoms with Gasteiger partial charge in [0.2, 0.25) is 0 Å². The highest BCUT2D eigenvalue weighted by Gasteiger charge is 2.23. The minimum atomic E-state index is 0.320. The summed E-state index contributed by atoms with van der Waals surface area (Å²) in [5, 5.41) is 0. The molecular formula is C25H27N7O. The molecule has 5 rings (SSSR count). The number of nitrogens with zero attached hydrogens (tertiary/aromatic N) is 4. The lowest BCUT2D eigenvalue weighted by molar-refractivity contribution is 0.259. The van der Waals surface area contributed by atoms with Crippen LogP contribution in [0.4, 0.5) is 22.7 Å². The molecule has 2 aromatic heterocycles. The van der Waals surface area contributed by atoms with E-state index in [1.165, 1.54) is 5.56 Å². The number of nitrogens with two attached hydrogens (primary N) is 2. The first-order valence-electron chi connectivity index (χ1n) is 10.9. The molecule has 0 amide bonds. The van der Waals surface area contributed by atoms with Crippen molar-refractivity contribution in [3.8, 4) is 17.1 Å². The Hall–Kier alpha value is -4.04. The number of hydrogen-bond donors (Lipinski definition) is 3. The molecule has 0 saturated carbocycles. The highest BCUT2D eigenvalue weighted by atomic mass is 16.5. The number of benzene rings is 2. The van der Waals surface area contributed by atoms with Crippen LogP contribution in [0.25, 0.3) is 11.4 Å². The number of pyridine rings is 1. The second kappa shape index (κ2) is 8.84. The van der Waals surface area contributed by atoms with Gasteiger partial charge in [-0.3, -0.25) is 10.8 Å². The molecule has 1 atom stereocenters. The summed E-state index contributed by atoms with van der Waals surface area (Å²) < 4.78 is 8.07. The first-order valence-corrected chi connectivity index (χ1v) is 10.9. The topological polar surface area (TPSA) is 107 Å². The molecule has 0 radical (unpaired) electrons. The van der Waals surface area contributed by atoms with E-state index in [1.807, 2.05) is 18.6 Å². The Morgan fingerprint density at radius 3 is 2.76 bits per heavy atom. The predicted molar refractivity (Wildman–Crippen MR) is 131 cm³/mol. The van der Waals surface area contributed by atoms with Gasteiger partial charge in [0, 0.05) is 42.6 Å². The third-order valence-electron chi connectivity index (χ3n) is 6.11. The zero-order chi connectivity index (χ0) is 22.8. The minimum absolute atomic E-state index is 0.320. The molecule has 0 spiro atoms. The molecule has 1 unspecified atom stereocenters. The number of imidazole rings is 1. The van der Waals surface area contributed by atoms with Crippen LogP contribution in [0.1, 0.15) is 17.9 Å². The van der Waals surface area contributed by atoms with Crippen LogP contribution in [0, 0.1) is 0 Å². The maximum Gasteiger partial charge on any atom is 0.122 e. The quantitative estimate of drug-likeness (QED) is 0.305. The molecule has 1 aliphatic rings. The summed E-state index contributed by atoms with van der Waals surface area (Å²) in [4.78, 5) is 11.1. The maximum absolute atomic E-state index is 5.96. The van der Waals surface area contributed by atoms with Crippen LogP contribution in [-0.2, 0) is 6.54 Å². The molecule has 4 aromatic rings. The van der Waals surface area contributed by atoms with Crippen molar-refractivity contribution < 1.29 is 4.74 Å². The first-order chi connectivity index (χ1) is 16.1. The fourth-order valence-electron chi connectivity index (χ4n) is 4.23. The lowest BCUT2D eigenvalue weighted by Gasteiger charge is -2.28. The average molecular weight is 442 g/mol. The molecule has 0 fully saturated rings. The van der Waals surface area contributed by atoms with Crippen LogP contribution in [0.2, 0.25) is 0 Å². The minimum Gasteiger partial charge on any atom is -0.493 e. The number of hydrogen-bond acceptors (Lipinski definition) is 7. The van der Waals surface area contributed by atoms with E-state index in [0.717, 1.165) is 41.5 Å². The SMILES string of the molecule is CN(c1ccccc1)c1ccc2c(c1)C(Cn1cnc(-c3cc(NN)c(N)cn3)c1)CCO2. The van der Waals surface area contributed by atoms with Crippen LogP contribution in [0.5, 0.6) is 5.75 Å². The normalized spacial score (nSPS) is 14.9. The number of hydrazine groups is 1. The standard InChI is InChI=1S/C25H27N7O/c1-31(18-5-3-2-4-6-18)19-7-8-25-20(11-19)17(9-10-33-25)14-32-15-24(29-16-32)23-12-22(30-27)21(26)13-28-23/h2-8,11-13,15-17H,9-10,14,26-27H2,1H3,(H,28,30). The van der Waals surface area contributed by atoms with E-state index in [9.17, 15) is 0 Å². The Bertz CT molecular complexity index is 1250. The summed E-state index contributed by atoms with van der Waals surface area (Å²) in [7, 11) is 2.09. The molecule has 33 heavy (non-hydrogen) atoms. The van der Waals surface area contributed by atoms with E-state index in [2.05, 4.69) is 74.4 Å². The maximum atomic E-state index is 5.96. The number of aromatic nitrogens is 3. The molecular weight excluding hydrogens is 414 g/mol. The zero-order valence-electron chi connectivity index (χ0n) is 18.5. The van der Waals surface area contributed by atoms with Crippen LogP contribution in [-0.4, -0.2) is 28.2 Å². The van der Waals surface area contributed by atoms with Gasteiger partial charge < -0.3 is 25.4 Å². The second-order valence-electron chi connectivity index (χ2n) is 8.21. The molecule has 168 valence electrons. The van der Waals surface area contributed by atoms with Crippen molar-refractivity contribution in [3.63, 3.8) is 0 Å². The summed E-state index contributed by atoms with van der Waals surface area (Å²) in [5.41, 5.74) is 14.6. The van der Waals surface area contributed by atoms with E-state index in [0.29, 0.717) is 23.9 Å². The van der Waals surface area contributed by atoms with Gasteiger partial charge in [0.1, 0.15) is 11.4 Å². The Balaban J connectivity index is 1.39. The van der Waals surface area contributed by atoms with Gasteiger partial charge in [-0.2, -0.15) is 0 Å². The van der Waals surface area contributed by atoms with Crippen molar-refractivity contribution in [2.24, 2.45) is 5.84 Å². The van der Waals surface area contributed by atoms with E-state index < -0.39 is 0 Å². The molecule has 8 nitrogen and oxygen atoms in total. The zero-order valence-corrected chi connectivity index (χ0v) is 18.5. The van der Waals surface area contributed by atoms with Crippen LogP contribution < -0.4 is 26.6 Å². The number of rotatable bonds is 6. The Morgan fingerprint density at radius 2 is 1.94 bits per heavy atom. The van der Waals surface area contributed by atoms with Crippen LogP contribution in [0.3, 0.4) is 0 Å². The van der Waals surface area contributed by atoms with Crippen LogP contribution >= 0.6 is 0 Å². The van der Waals surface area contributed by atoms with Crippen molar-refractivity contribution in [2.75, 3.05) is 29.7 Å². The van der Waals surface area contributed by atoms with Gasteiger partial charge in [0.15, 0.2) is 0 Å². The Labute approximate surface area is 192 Å². The number of para-hydroxylation sites is 1. The van der Waals surface area contributed by atoms with Gasteiger partial charge >= 0.3 is 0 Å². The van der Waals surface area contributed by atoms with Gasteiger partial charge in [-0.05, 0) is 42.8 Å². The van der Waals surface area contributed by atoms with Gasteiger partial charge in [-0.25, -0.2) is 4.98 Å². The van der Waals surface area contributed by atoms with Crippen molar-refractivity contribution in [3.05, 3.63) is 78.9 Å². The summed E-state index contributed by atoms with van der Waals surface area (Å²) in [5.74, 6) is 6.82. The van der Waals surface area contributed by atoms with E-state index in [1.54, 1.807) is 12.3 Å². The summed E-state index contributed by atoms with van der Waals surface area (Å²) >= 11 is 0. The first kappa shape index (κ1) is 20.8. The third kappa shape index (κ3) is 4.20. The Kier molecular flexibility index (Phi) is 5.58. The number of nitrogens with one attached hydrogen (secondary N) is 1. The monoisotopic (exact) mass is 441 g/mol. The molecule has 0 bridgehead atoms. The average Bonchev–Trinajstić information content (AvgIpc) is 3.33. The molecule has 0 aliphatic carbocycles. The van der Waals surface area contributed by atoms with Crippen molar-refractivity contribution in [1.82, 2.24) is 14.5 Å². The third-order valence-corrected chi connectivity index (χ3v) is 6.11. The van der Waals surface area contributed by atoms with Gasteiger partial charge in [0.25, 0.3) is 0 Å². The van der Waals surface area contributed by atoms with Crippen molar-refractivity contribution in [1.29, 1.82) is 0 Å². The van der Waals surface area contributed by atoms with Gasteiger partial charge in [-0.1, -0.05) is 18.2 Å². The fourth-order valence-corrected chi connectivity index (χ4v) is 4.23. The molecule has 5 N–H and O–H groups in total. The highest BCUT2D eigenvalue weighted by molar-refractivity contribution is 5.70. The highest BCUT2D eigenvalue weighted by Crippen LogP contribution is 2.38. The number of ether oxygens (including phenoxy) is 1. The predicted octanol–water partition coefficient (Wildman–Crippen LogP) is 4.15. The summed E-state index contributed by atoms with van der Waals surface area (Å²) in [6, 6.07) is 18.6. The van der Waals surface area contributed by atoms with E-state index in [-0.39, 0.29) is 0 Å². The van der Waals surface area contributed by atoms with E-state index in [4.69, 9.17) is 16.3 Å². The smallest absolute Gasteiger partial charge is 0.122 e. The second-order valence-corrected chi connectivity index (χ2v) is 8.21. The Morgan fingerprint density at radius 1 is 1.09 bits per heavy atom. The van der Waals surface area contributed by atoms with Crippen LogP contribution in [0.15, 0.2) is 73.3 Å². The number of nitrogen functional groups attached to an aromatic ring is 2. The fraction of sp³-hybridized carbons (Fsp3) is 0.200. The van der Waals surface area contributed by atoms with E-state index >= 15 is 0 Å². The molecule has 1 aliphatic heterocycles. The number of fused-ring (bicyclic) bond motifs is 1. The summed E-state index contributed by atoms with van der Waals surface area (Å²) in [6.07, 6.45) is 6.38. The van der Waals surface area contributed by atoms with Crippen molar-refractivity contribution >= 4 is 22.7 Å². The molecule has 3 heterocycles. The largest absolute Gasteiger partial charge is 0.493 e. The molecule has 2 aromatic carbocycles.